The first kappa shape index (κ1) is 15.0. The molecule has 0 rings (SSSR count). The zero-order valence-electron chi connectivity index (χ0n) is 9.47. The number of ether oxygens (including phenoxy) is 1. The Kier molecular flexibility index (Phi) is 9.32. The minimum absolute atomic E-state index is 0.0268. The van der Waals surface area contributed by atoms with Crippen molar-refractivity contribution in [1.29, 1.82) is 0 Å². The molecule has 0 heterocycles. The van der Waals surface area contributed by atoms with Crippen LogP contribution in [0.2, 0.25) is 0 Å². The minimum Gasteiger partial charge on any atom is -0.466 e. The lowest BCUT2D eigenvalue weighted by Crippen LogP contribution is -2.16. The van der Waals surface area contributed by atoms with Gasteiger partial charge in [0.1, 0.15) is 4.84 Å². The van der Waals surface area contributed by atoms with E-state index in [1.54, 1.807) is 6.92 Å². The van der Waals surface area contributed by atoms with E-state index < -0.39 is 4.84 Å². The number of halogens is 2. The fourth-order valence-electron chi connectivity index (χ4n) is 1.41. The van der Waals surface area contributed by atoms with Gasteiger partial charge < -0.3 is 4.74 Å². The van der Waals surface area contributed by atoms with Crippen molar-refractivity contribution >= 4 is 29.2 Å². The Labute approximate surface area is 102 Å². The molecule has 2 nitrogen and oxygen atoms in total. The first-order chi connectivity index (χ1) is 7.11. The smallest absolute Gasteiger partial charge is 0.306 e. The average Bonchev–Trinajstić information content (AvgIpc) is 2.16. The molecule has 4 heteroatoms. The van der Waals surface area contributed by atoms with Gasteiger partial charge in [0.15, 0.2) is 0 Å². The van der Waals surface area contributed by atoms with Crippen molar-refractivity contribution in [2.24, 2.45) is 5.92 Å². The summed E-state index contributed by atoms with van der Waals surface area (Å²) >= 11 is 11.6. The SMILES string of the molecule is CCCCCC(CC(=O)OCC)C(Cl)Cl. The van der Waals surface area contributed by atoms with Crippen LogP contribution in [0.3, 0.4) is 0 Å². The Balaban J connectivity index is 3.87. The largest absolute Gasteiger partial charge is 0.466 e. The van der Waals surface area contributed by atoms with Gasteiger partial charge in [-0.2, -0.15) is 0 Å². The van der Waals surface area contributed by atoms with Crippen LogP contribution in [0.1, 0.15) is 46.0 Å². The number of hydrogen-bond donors (Lipinski definition) is 0. The highest BCUT2D eigenvalue weighted by Crippen LogP contribution is 2.25. The van der Waals surface area contributed by atoms with Gasteiger partial charge in [0.05, 0.1) is 13.0 Å². The van der Waals surface area contributed by atoms with Gasteiger partial charge >= 0.3 is 5.97 Å². The number of esters is 1. The predicted molar refractivity (Wildman–Crippen MR) is 64.4 cm³/mol. The summed E-state index contributed by atoms with van der Waals surface area (Å²) < 4.78 is 4.87. The molecule has 90 valence electrons. The van der Waals surface area contributed by atoms with E-state index in [1.807, 2.05) is 0 Å². The third-order valence-corrected chi connectivity index (χ3v) is 2.98. The van der Waals surface area contributed by atoms with Crippen LogP contribution in [0.4, 0.5) is 0 Å². The summed E-state index contributed by atoms with van der Waals surface area (Å²) in [5, 5.41) is 0. The van der Waals surface area contributed by atoms with Crippen LogP contribution in [0.5, 0.6) is 0 Å². The van der Waals surface area contributed by atoms with Crippen molar-refractivity contribution < 1.29 is 9.53 Å². The number of rotatable bonds is 8. The van der Waals surface area contributed by atoms with Gasteiger partial charge in [-0.3, -0.25) is 4.79 Å². The molecule has 0 aliphatic rings. The molecule has 0 aromatic carbocycles. The van der Waals surface area contributed by atoms with Crippen LogP contribution in [0, 0.1) is 5.92 Å². The van der Waals surface area contributed by atoms with Crippen LogP contribution in [0.25, 0.3) is 0 Å². The third-order valence-electron chi connectivity index (χ3n) is 2.27. The predicted octanol–water partition coefficient (Wildman–Crippen LogP) is 3.94. The first-order valence-corrected chi connectivity index (χ1v) is 6.42. The van der Waals surface area contributed by atoms with Crippen molar-refractivity contribution in [2.45, 2.75) is 50.8 Å². The molecule has 15 heavy (non-hydrogen) atoms. The van der Waals surface area contributed by atoms with Gasteiger partial charge in [-0.15, -0.1) is 23.2 Å². The molecular weight excluding hydrogens is 235 g/mol. The van der Waals surface area contributed by atoms with E-state index in [4.69, 9.17) is 27.9 Å². The Hall–Kier alpha value is 0.0500. The molecule has 0 radical (unpaired) electrons. The quantitative estimate of drug-likeness (QED) is 0.373. The fourth-order valence-corrected chi connectivity index (χ4v) is 1.84. The highest BCUT2D eigenvalue weighted by Gasteiger charge is 2.20. The summed E-state index contributed by atoms with van der Waals surface area (Å²) in [6.07, 6.45) is 4.59. The zero-order chi connectivity index (χ0) is 11.7. The molecule has 0 N–H and O–H groups in total. The van der Waals surface area contributed by atoms with Gasteiger partial charge in [0.2, 0.25) is 0 Å². The monoisotopic (exact) mass is 254 g/mol. The van der Waals surface area contributed by atoms with Crippen LogP contribution in [0.15, 0.2) is 0 Å². The molecule has 0 saturated heterocycles. The Morgan fingerprint density at radius 2 is 1.93 bits per heavy atom. The Morgan fingerprint density at radius 1 is 1.27 bits per heavy atom. The second-order valence-corrected chi connectivity index (χ2v) is 4.76. The lowest BCUT2D eigenvalue weighted by molar-refractivity contribution is -0.144. The van der Waals surface area contributed by atoms with Crippen molar-refractivity contribution in [3.05, 3.63) is 0 Å². The Bertz CT molecular complexity index is 172. The lowest BCUT2D eigenvalue weighted by atomic mass is 10.00. The Morgan fingerprint density at radius 3 is 2.40 bits per heavy atom. The van der Waals surface area contributed by atoms with E-state index >= 15 is 0 Å². The minimum atomic E-state index is -0.480. The second-order valence-electron chi connectivity index (χ2n) is 3.60. The van der Waals surface area contributed by atoms with Crippen LogP contribution in [-0.4, -0.2) is 17.4 Å². The van der Waals surface area contributed by atoms with Gasteiger partial charge in [-0.25, -0.2) is 0 Å². The van der Waals surface area contributed by atoms with E-state index in [9.17, 15) is 4.79 Å². The molecule has 0 aromatic rings. The highest BCUT2D eigenvalue weighted by atomic mass is 35.5. The van der Waals surface area contributed by atoms with Crippen molar-refractivity contribution in [3.63, 3.8) is 0 Å². The van der Waals surface area contributed by atoms with Gasteiger partial charge in [-0.05, 0) is 19.3 Å². The van der Waals surface area contributed by atoms with Crippen LogP contribution >= 0.6 is 23.2 Å². The van der Waals surface area contributed by atoms with Crippen molar-refractivity contribution in [1.82, 2.24) is 0 Å². The van der Waals surface area contributed by atoms with E-state index in [-0.39, 0.29) is 11.9 Å². The summed E-state index contributed by atoms with van der Waals surface area (Å²) in [6.45, 7) is 4.35. The standard InChI is InChI=1S/C11H20Cl2O2/c1-3-5-6-7-9(11(12)13)8-10(14)15-4-2/h9,11H,3-8H2,1-2H3. The molecule has 1 unspecified atom stereocenters. The topological polar surface area (TPSA) is 26.3 Å². The van der Waals surface area contributed by atoms with Gasteiger partial charge in [0, 0.05) is 0 Å². The van der Waals surface area contributed by atoms with E-state index in [1.165, 1.54) is 0 Å². The first-order valence-electron chi connectivity index (χ1n) is 5.55. The molecule has 0 fully saturated rings. The molecule has 0 aromatic heterocycles. The lowest BCUT2D eigenvalue weighted by Gasteiger charge is -2.16. The molecule has 0 spiro atoms. The van der Waals surface area contributed by atoms with E-state index in [0.29, 0.717) is 13.0 Å². The third kappa shape index (κ3) is 7.92. The average molecular weight is 255 g/mol. The molecule has 0 aliphatic heterocycles. The summed E-state index contributed by atoms with van der Waals surface area (Å²) in [7, 11) is 0. The highest BCUT2D eigenvalue weighted by molar-refractivity contribution is 6.44. The van der Waals surface area contributed by atoms with Crippen LogP contribution < -0.4 is 0 Å². The number of carbonyl (C=O) groups excluding carboxylic acids is 1. The summed E-state index contributed by atoms with van der Waals surface area (Å²) in [5.41, 5.74) is 0. The second kappa shape index (κ2) is 9.29. The maximum Gasteiger partial charge on any atom is 0.306 e. The van der Waals surface area contributed by atoms with Crippen LogP contribution in [-0.2, 0) is 9.53 Å². The van der Waals surface area contributed by atoms with Gasteiger partial charge in [0.25, 0.3) is 0 Å². The van der Waals surface area contributed by atoms with E-state index in [2.05, 4.69) is 6.92 Å². The van der Waals surface area contributed by atoms with E-state index in [0.717, 1.165) is 25.7 Å². The molecule has 0 aliphatic carbocycles. The maximum atomic E-state index is 11.3. The summed E-state index contributed by atoms with van der Waals surface area (Å²) in [4.78, 5) is 10.8. The number of hydrogen-bond acceptors (Lipinski definition) is 2. The van der Waals surface area contributed by atoms with Crippen molar-refractivity contribution in [2.75, 3.05) is 6.61 Å². The molecule has 1 atom stereocenters. The molecule has 0 bridgehead atoms. The molecule has 0 amide bonds. The number of alkyl halides is 2. The van der Waals surface area contributed by atoms with Gasteiger partial charge in [-0.1, -0.05) is 26.2 Å². The zero-order valence-corrected chi connectivity index (χ0v) is 11.0. The number of unbranched alkanes of at least 4 members (excludes halogenated alkanes) is 2. The summed E-state index contributed by atoms with van der Waals surface area (Å²) in [5.74, 6) is -0.177. The number of carbonyl (C=O) groups is 1. The molecular formula is C11H20Cl2O2. The molecule has 0 saturated carbocycles. The van der Waals surface area contributed by atoms with Crippen molar-refractivity contribution in [3.8, 4) is 0 Å². The normalized spacial score (nSPS) is 12.9. The summed E-state index contributed by atoms with van der Waals surface area (Å²) in [6, 6.07) is 0. The fraction of sp³-hybridized carbons (Fsp3) is 0.909. The maximum absolute atomic E-state index is 11.3.